The normalized spacial score (nSPS) is 21.0. The average molecular weight is 513 g/mol. The maximum atomic E-state index is 12.6. The average Bonchev–Trinajstić information content (AvgIpc) is 2.61. The van der Waals surface area contributed by atoms with Crippen molar-refractivity contribution in [3.63, 3.8) is 0 Å². The van der Waals surface area contributed by atoms with Crippen LogP contribution in [0.1, 0.15) is 44.7 Å². The number of benzene rings is 1. The van der Waals surface area contributed by atoms with Gasteiger partial charge in [-0.3, -0.25) is 4.99 Å². The molecule has 4 nitrogen and oxygen atoms in total. The topological polar surface area (TPSA) is 45.7 Å². The molecule has 2 unspecified atom stereocenters. The Morgan fingerprint density at radius 3 is 2.32 bits per heavy atom. The molecule has 160 valence electrons. The van der Waals surface area contributed by atoms with Crippen LogP contribution in [0.4, 0.5) is 13.2 Å². The molecular formula is C20H31F3IN3O. The number of aliphatic imine (C=N–C) groups is 1. The van der Waals surface area contributed by atoms with E-state index in [-0.39, 0.29) is 35.5 Å². The molecule has 1 aliphatic heterocycles. The summed E-state index contributed by atoms with van der Waals surface area (Å²) in [5, 5.41) is 6.48. The Morgan fingerprint density at radius 2 is 1.79 bits per heavy atom. The Hall–Kier alpha value is -1.03. The van der Waals surface area contributed by atoms with Crippen molar-refractivity contribution in [2.75, 3.05) is 20.2 Å². The van der Waals surface area contributed by atoms with Crippen molar-refractivity contribution >= 4 is 29.9 Å². The van der Waals surface area contributed by atoms with E-state index in [0.29, 0.717) is 18.4 Å². The molecule has 0 aromatic heterocycles. The van der Waals surface area contributed by atoms with Crippen LogP contribution >= 0.6 is 24.0 Å². The molecule has 0 radical (unpaired) electrons. The van der Waals surface area contributed by atoms with Crippen LogP contribution in [0, 0.1) is 11.3 Å². The second kappa shape index (κ2) is 10.7. The van der Waals surface area contributed by atoms with Crippen molar-refractivity contribution in [2.24, 2.45) is 16.3 Å². The lowest BCUT2D eigenvalue weighted by atomic mass is 9.78. The number of hydrogen-bond acceptors (Lipinski definition) is 2. The van der Waals surface area contributed by atoms with Crippen LogP contribution in [-0.4, -0.2) is 32.3 Å². The summed E-state index contributed by atoms with van der Waals surface area (Å²) in [5.41, 5.74) is 0.197. The number of hydrogen-bond donors (Lipinski definition) is 2. The maximum Gasteiger partial charge on any atom is 0.416 e. The predicted octanol–water partition coefficient (Wildman–Crippen LogP) is 4.83. The van der Waals surface area contributed by atoms with Gasteiger partial charge in [0.25, 0.3) is 0 Å². The number of halogens is 4. The molecule has 1 fully saturated rings. The highest BCUT2D eigenvalue weighted by Gasteiger charge is 2.35. The Morgan fingerprint density at radius 1 is 1.14 bits per heavy atom. The predicted molar refractivity (Wildman–Crippen MR) is 117 cm³/mol. The summed E-state index contributed by atoms with van der Waals surface area (Å²) >= 11 is 0. The molecule has 1 aliphatic rings. The highest BCUT2D eigenvalue weighted by molar-refractivity contribution is 14.0. The van der Waals surface area contributed by atoms with Crippen molar-refractivity contribution in [3.8, 4) is 0 Å². The number of alkyl halides is 3. The van der Waals surface area contributed by atoms with Crippen molar-refractivity contribution in [1.29, 1.82) is 0 Å². The quantitative estimate of drug-likeness (QED) is 0.345. The third-order valence-corrected chi connectivity index (χ3v) is 4.79. The van der Waals surface area contributed by atoms with Gasteiger partial charge < -0.3 is 15.4 Å². The van der Waals surface area contributed by atoms with Crippen molar-refractivity contribution in [2.45, 2.75) is 52.4 Å². The zero-order valence-corrected chi connectivity index (χ0v) is 19.2. The lowest BCUT2D eigenvalue weighted by Crippen LogP contribution is -2.47. The number of ether oxygens (including phenoxy) is 1. The van der Waals surface area contributed by atoms with Gasteiger partial charge in [-0.25, -0.2) is 0 Å². The van der Waals surface area contributed by atoms with Crippen LogP contribution < -0.4 is 10.6 Å². The van der Waals surface area contributed by atoms with Crippen LogP contribution in [0.3, 0.4) is 0 Å². The van der Waals surface area contributed by atoms with Gasteiger partial charge in [-0.15, -0.1) is 24.0 Å². The van der Waals surface area contributed by atoms with Gasteiger partial charge in [0.05, 0.1) is 11.7 Å². The van der Waals surface area contributed by atoms with Crippen molar-refractivity contribution < 1.29 is 17.9 Å². The first-order valence-corrected chi connectivity index (χ1v) is 9.33. The standard InChI is InChI=1S/C20H30F3N3O.HI/c1-19(2,3)17-15(6-5-11-27-17)13-26-18(24-4)25-12-14-7-9-16(10-8-14)20(21,22)23;/h7-10,15,17H,5-6,11-13H2,1-4H3,(H2,24,25,26);1H. The van der Waals surface area contributed by atoms with Gasteiger partial charge in [0, 0.05) is 32.7 Å². The molecule has 1 heterocycles. The van der Waals surface area contributed by atoms with Crippen molar-refractivity contribution in [1.82, 2.24) is 10.6 Å². The fourth-order valence-corrected chi connectivity index (χ4v) is 3.46. The molecule has 0 amide bonds. The Bertz CT molecular complexity index is 627. The molecule has 2 atom stereocenters. The lowest BCUT2D eigenvalue weighted by molar-refractivity contribution is -0.137. The third-order valence-electron chi connectivity index (χ3n) is 4.79. The highest BCUT2D eigenvalue weighted by atomic mass is 127. The summed E-state index contributed by atoms with van der Waals surface area (Å²) in [6, 6.07) is 5.16. The largest absolute Gasteiger partial charge is 0.416 e. The molecule has 0 aliphatic carbocycles. The molecule has 1 aromatic rings. The Kier molecular flexibility index (Phi) is 9.52. The molecular weight excluding hydrogens is 482 g/mol. The first-order valence-electron chi connectivity index (χ1n) is 9.33. The van der Waals surface area contributed by atoms with E-state index in [1.54, 1.807) is 7.05 Å². The molecule has 28 heavy (non-hydrogen) atoms. The first kappa shape index (κ1) is 25.0. The second-order valence-electron chi connectivity index (χ2n) is 8.06. The summed E-state index contributed by atoms with van der Waals surface area (Å²) < 4.78 is 43.9. The smallest absolute Gasteiger partial charge is 0.377 e. The minimum Gasteiger partial charge on any atom is -0.377 e. The van der Waals surface area contributed by atoms with Gasteiger partial charge in [-0.1, -0.05) is 32.9 Å². The van der Waals surface area contributed by atoms with Crippen LogP contribution in [0.5, 0.6) is 0 Å². The maximum absolute atomic E-state index is 12.6. The van der Waals surface area contributed by atoms with E-state index in [4.69, 9.17) is 4.74 Å². The minimum absolute atomic E-state index is 0. The number of guanidine groups is 1. The van der Waals surface area contributed by atoms with E-state index in [1.165, 1.54) is 12.1 Å². The van der Waals surface area contributed by atoms with E-state index in [0.717, 1.165) is 43.7 Å². The van der Waals surface area contributed by atoms with Crippen LogP contribution in [-0.2, 0) is 17.5 Å². The number of nitrogens with one attached hydrogen (secondary N) is 2. The van der Waals surface area contributed by atoms with E-state index in [1.807, 2.05) is 0 Å². The summed E-state index contributed by atoms with van der Waals surface area (Å²) in [7, 11) is 1.68. The third kappa shape index (κ3) is 7.42. The summed E-state index contributed by atoms with van der Waals surface area (Å²) in [4.78, 5) is 4.21. The van der Waals surface area contributed by atoms with Gasteiger partial charge in [0.15, 0.2) is 5.96 Å². The molecule has 0 bridgehead atoms. The monoisotopic (exact) mass is 513 g/mol. The number of nitrogens with zero attached hydrogens (tertiary/aromatic N) is 1. The first-order chi connectivity index (χ1) is 12.6. The lowest BCUT2D eigenvalue weighted by Gasteiger charge is -2.40. The second-order valence-corrected chi connectivity index (χ2v) is 8.06. The Balaban J connectivity index is 0.00000392. The highest BCUT2D eigenvalue weighted by Crippen LogP contribution is 2.33. The van der Waals surface area contributed by atoms with Gasteiger partial charge in [-0.2, -0.15) is 13.2 Å². The summed E-state index contributed by atoms with van der Waals surface area (Å²) in [6.45, 7) is 8.52. The molecule has 1 saturated heterocycles. The molecule has 1 aromatic carbocycles. The fraction of sp³-hybridized carbons (Fsp3) is 0.650. The van der Waals surface area contributed by atoms with Crippen LogP contribution in [0.15, 0.2) is 29.3 Å². The summed E-state index contributed by atoms with van der Waals surface area (Å²) in [6.07, 6.45) is -1.97. The summed E-state index contributed by atoms with van der Waals surface area (Å²) in [5.74, 6) is 1.02. The zero-order chi connectivity index (χ0) is 20.1. The van der Waals surface area contributed by atoms with Crippen molar-refractivity contribution in [3.05, 3.63) is 35.4 Å². The van der Waals surface area contributed by atoms with Gasteiger partial charge >= 0.3 is 6.18 Å². The Labute approximate surface area is 182 Å². The molecule has 0 saturated carbocycles. The van der Waals surface area contributed by atoms with E-state index in [9.17, 15) is 13.2 Å². The fourth-order valence-electron chi connectivity index (χ4n) is 3.46. The van der Waals surface area contributed by atoms with Gasteiger partial charge in [-0.05, 0) is 36.0 Å². The van der Waals surface area contributed by atoms with Crippen LogP contribution in [0.2, 0.25) is 0 Å². The van der Waals surface area contributed by atoms with E-state index < -0.39 is 11.7 Å². The molecule has 0 spiro atoms. The van der Waals surface area contributed by atoms with E-state index >= 15 is 0 Å². The minimum atomic E-state index is -4.31. The molecule has 2 N–H and O–H groups in total. The molecule has 8 heteroatoms. The van der Waals surface area contributed by atoms with Gasteiger partial charge in [0.2, 0.25) is 0 Å². The molecule has 2 rings (SSSR count). The van der Waals surface area contributed by atoms with Crippen LogP contribution in [0.25, 0.3) is 0 Å². The van der Waals surface area contributed by atoms with Gasteiger partial charge in [0.1, 0.15) is 0 Å². The SMILES string of the molecule is CN=C(NCc1ccc(C(F)(F)F)cc1)NCC1CCCOC1C(C)(C)C.I. The van der Waals surface area contributed by atoms with E-state index in [2.05, 4.69) is 36.4 Å². The zero-order valence-electron chi connectivity index (χ0n) is 16.9. The number of rotatable bonds is 4.